The van der Waals surface area contributed by atoms with Gasteiger partial charge in [-0.15, -0.1) is 0 Å². The Kier molecular flexibility index (Phi) is 2.86. The molecule has 76 valence electrons. The molecule has 1 saturated heterocycles. The molecule has 0 spiro atoms. The van der Waals surface area contributed by atoms with E-state index in [-0.39, 0.29) is 0 Å². The molecular formula is C10H20N2O. The van der Waals surface area contributed by atoms with Crippen molar-refractivity contribution in [2.75, 3.05) is 20.1 Å². The molecule has 0 aromatic carbocycles. The van der Waals surface area contributed by atoms with Crippen LogP contribution in [-0.2, 0) is 4.74 Å². The third kappa shape index (κ3) is 2.42. The highest BCUT2D eigenvalue weighted by Gasteiger charge is 2.30. The number of piperidine rings is 1. The van der Waals surface area contributed by atoms with E-state index in [0.717, 1.165) is 12.8 Å². The van der Waals surface area contributed by atoms with Gasteiger partial charge in [-0.3, -0.25) is 0 Å². The second-order valence-corrected chi connectivity index (χ2v) is 4.49. The Morgan fingerprint density at radius 2 is 1.77 bits per heavy atom. The Labute approximate surface area is 80.2 Å². The number of hydrogen-bond acceptors (Lipinski definition) is 3. The third-order valence-corrected chi connectivity index (χ3v) is 3.18. The van der Waals surface area contributed by atoms with E-state index in [0.29, 0.717) is 18.2 Å². The number of nitrogens with two attached hydrogens (primary N) is 1. The molecule has 0 aromatic heterocycles. The monoisotopic (exact) mass is 184 g/mol. The minimum Gasteiger partial charge on any atom is -0.375 e. The highest BCUT2D eigenvalue weighted by Crippen LogP contribution is 2.25. The van der Waals surface area contributed by atoms with E-state index in [1.807, 2.05) is 0 Å². The summed E-state index contributed by atoms with van der Waals surface area (Å²) in [5.41, 5.74) is 5.71. The Hall–Kier alpha value is -0.120. The van der Waals surface area contributed by atoms with Crippen molar-refractivity contribution < 1.29 is 4.74 Å². The van der Waals surface area contributed by atoms with Gasteiger partial charge in [-0.2, -0.15) is 0 Å². The zero-order chi connectivity index (χ0) is 9.26. The minimum absolute atomic E-state index is 0.413. The molecule has 2 fully saturated rings. The predicted molar refractivity (Wildman–Crippen MR) is 52.6 cm³/mol. The first kappa shape index (κ1) is 9.44. The van der Waals surface area contributed by atoms with Crippen molar-refractivity contribution in [3.05, 3.63) is 0 Å². The molecule has 2 rings (SSSR count). The Bertz CT molecular complexity index is 160. The maximum Gasteiger partial charge on any atom is 0.0608 e. The van der Waals surface area contributed by atoms with Crippen molar-refractivity contribution in [2.24, 2.45) is 5.73 Å². The van der Waals surface area contributed by atoms with Gasteiger partial charge in [0.25, 0.3) is 0 Å². The van der Waals surface area contributed by atoms with Crippen LogP contribution in [0, 0.1) is 0 Å². The van der Waals surface area contributed by atoms with Crippen molar-refractivity contribution in [1.82, 2.24) is 4.90 Å². The summed E-state index contributed by atoms with van der Waals surface area (Å²) < 4.78 is 5.94. The van der Waals surface area contributed by atoms with Gasteiger partial charge in [-0.05, 0) is 32.7 Å². The molecule has 1 aliphatic heterocycles. The van der Waals surface area contributed by atoms with Crippen LogP contribution in [0.1, 0.15) is 25.7 Å². The van der Waals surface area contributed by atoms with Crippen LogP contribution in [0.5, 0.6) is 0 Å². The molecule has 13 heavy (non-hydrogen) atoms. The van der Waals surface area contributed by atoms with Crippen molar-refractivity contribution >= 4 is 0 Å². The summed E-state index contributed by atoms with van der Waals surface area (Å²) in [6.07, 6.45) is 5.53. The van der Waals surface area contributed by atoms with Gasteiger partial charge in [0.15, 0.2) is 0 Å². The largest absolute Gasteiger partial charge is 0.375 e. The molecule has 3 nitrogen and oxygen atoms in total. The van der Waals surface area contributed by atoms with Gasteiger partial charge in [0.1, 0.15) is 0 Å². The summed E-state index contributed by atoms with van der Waals surface area (Å²) >= 11 is 0. The SMILES string of the molecule is CN1CCC(OC2CC(N)C2)CC1. The van der Waals surface area contributed by atoms with E-state index in [1.165, 1.54) is 25.9 Å². The van der Waals surface area contributed by atoms with Crippen LogP contribution in [0.15, 0.2) is 0 Å². The normalized spacial score (nSPS) is 37.4. The van der Waals surface area contributed by atoms with E-state index >= 15 is 0 Å². The number of ether oxygens (including phenoxy) is 1. The van der Waals surface area contributed by atoms with Crippen LogP contribution in [0.2, 0.25) is 0 Å². The van der Waals surface area contributed by atoms with Crippen LogP contribution in [0.3, 0.4) is 0 Å². The van der Waals surface area contributed by atoms with Crippen molar-refractivity contribution in [2.45, 2.75) is 43.9 Å². The average molecular weight is 184 g/mol. The Morgan fingerprint density at radius 1 is 1.15 bits per heavy atom. The molecule has 2 N–H and O–H groups in total. The molecular weight excluding hydrogens is 164 g/mol. The second-order valence-electron chi connectivity index (χ2n) is 4.49. The number of hydrogen-bond donors (Lipinski definition) is 1. The molecule has 2 aliphatic rings. The van der Waals surface area contributed by atoms with E-state index in [1.54, 1.807) is 0 Å². The lowest BCUT2D eigenvalue weighted by Crippen LogP contribution is -2.45. The summed E-state index contributed by atoms with van der Waals surface area (Å²) in [6.45, 7) is 2.37. The zero-order valence-electron chi connectivity index (χ0n) is 8.41. The van der Waals surface area contributed by atoms with E-state index < -0.39 is 0 Å². The van der Waals surface area contributed by atoms with Gasteiger partial charge in [-0.25, -0.2) is 0 Å². The van der Waals surface area contributed by atoms with Crippen LogP contribution >= 0.6 is 0 Å². The molecule has 0 unspecified atom stereocenters. The molecule has 0 radical (unpaired) electrons. The van der Waals surface area contributed by atoms with E-state index in [2.05, 4.69) is 11.9 Å². The summed E-state index contributed by atoms with van der Waals surface area (Å²) in [5.74, 6) is 0. The standard InChI is InChI=1S/C10H20N2O/c1-12-4-2-9(3-5-12)13-10-6-8(11)7-10/h8-10H,2-7,11H2,1H3. The fourth-order valence-corrected chi connectivity index (χ4v) is 2.11. The minimum atomic E-state index is 0.413. The van der Waals surface area contributed by atoms with Crippen LogP contribution < -0.4 is 5.73 Å². The lowest BCUT2D eigenvalue weighted by molar-refractivity contribution is -0.0777. The second kappa shape index (κ2) is 3.95. The fourth-order valence-electron chi connectivity index (χ4n) is 2.11. The number of nitrogens with zero attached hydrogens (tertiary/aromatic N) is 1. The van der Waals surface area contributed by atoms with Crippen molar-refractivity contribution in [1.29, 1.82) is 0 Å². The third-order valence-electron chi connectivity index (χ3n) is 3.18. The highest BCUT2D eigenvalue weighted by atomic mass is 16.5. The molecule has 0 bridgehead atoms. The average Bonchev–Trinajstić information content (AvgIpc) is 2.06. The first-order chi connectivity index (χ1) is 6.24. The topological polar surface area (TPSA) is 38.5 Å². The molecule has 1 heterocycles. The van der Waals surface area contributed by atoms with Crippen LogP contribution in [0.25, 0.3) is 0 Å². The highest BCUT2D eigenvalue weighted by molar-refractivity contribution is 4.84. The molecule has 1 saturated carbocycles. The van der Waals surface area contributed by atoms with Gasteiger partial charge in [0.05, 0.1) is 12.2 Å². The van der Waals surface area contributed by atoms with E-state index in [4.69, 9.17) is 10.5 Å². The van der Waals surface area contributed by atoms with Gasteiger partial charge in [0, 0.05) is 19.1 Å². The van der Waals surface area contributed by atoms with Crippen LogP contribution in [0.4, 0.5) is 0 Å². The van der Waals surface area contributed by atoms with Crippen molar-refractivity contribution in [3.63, 3.8) is 0 Å². The van der Waals surface area contributed by atoms with Gasteiger partial charge < -0.3 is 15.4 Å². The number of likely N-dealkylation sites (tertiary alicyclic amines) is 1. The van der Waals surface area contributed by atoms with Gasteiger partial charge in [0.2, 0.25) is 0 Å². The van der Waals surface area contributed by atoms with Gasteiger partial charge >= 0.3 is 0 Å². The smallest absolute Gasteiger partial charge is 0.0608 e. The summed E-state index contributed by atoms with van der Waals surface area (Å²) in [4.78, 5) is 2.37. The molecule has 3 heteroatoms. The van der Waals surface area contributed by atoms with Crippen molar-refractivity contribution in [3.8, 4) is 0 Å². The first-order valence-electron chi connectivity index (χ1n) is 5.33. The lowest BCUT2D eigenvalue weighted by atomic mass is 9.90. The lowest BCUT2D eigenvalue weighted by Gasteiger charge is -2.38. The van der Waals surface area contributed by atoms with Crippen LogP contribution in [-0.4, -0.2) is 43.3 Å². The maximum absolute atomic E-state index is 5.94. The summed E-state index contributed by atoms with van der Waals surface area (Å²) in [6, 6.07) is 0.413. The predicted octanol–water partition coefficient (Wildman–Crippen LogP) is 0.587. The molecule has 0 aromatic rings. The summed E-state index contributed by atoms with van der Waals surface area (Å²) in [5, 5.41) is 0. The summed E-state index contributed by atoms with van der Waals surface area (Å²) in [7, 11) is 2.18. The molecule has 1 aliphatic carbocycles. The van der Waals surface area contributed by atoms with E-state index in [9.17, 15) is 0 Å². The maximum atomic E-state index is 5.94. The first-order valence-corrected chi connectivity index (χ1v) is 5.33. The zero-order valence-corrected chi connectivity index (χ0v) is 8.41. The molecule has 0 atom stereocenters. The number of rotatable bonds is 2. The Balaban J connectivity index is 1.65. The Morgan fingerprint density at radius 3 is 2.31 bits per heavy atom. The molecule has 0 amide bonds. The fraction of sp³-hybridized carbons (Fsp3) is 1.00. The van der Waals surface area contributed by atoms with Gasteiger partial charge in [-0.1, -0.05) is 0 Å². The quantitative estimate of drug-likeness (QED) is 0.682.